The lowest BCUT2D eigenvalue weighted by molar-refractivity contribution is 0.297. The van der Waals surface area contributed by atoms with Gasteiger partial charge >= 0.3 is 0 Å². The first kappa shape index (κ1) is 12.0. The van der Waals surface area contributed by atoms with Gasteiger partial charge in [-0.05, 0) is 19.1 Å². The molecule has 0 aromatic heterocycles. The Morgan fingerprint density at radius 2 is 2.00 bits per heavy atom. The lowest BCUT2D eigenvalue weighted by Gasteiger charge is -2.26. The van der Waals surface area contributed by atoms with E-state index in [1.807, 2.05) is 25.2 Å². The summed E-state index contributed by atoms with van der Waals surface area (Å²) in [6.07, 6.45) is 0.930. The van der Waals surface area contributed by atoms with Gasteiger partial charge < -0.3 is 20.1 Å². The summed E-state index contributed by atoms with van der Waals surface area (Å²) in [5.41, 5.74) is 6.78. The third-order valence-corrected chi connectivity index (χ3v) is 3.14. The fourth-order valence-electron chi connectivity index (χ4n) is 1.78. The number of likely N-dealkylation sites (N-methyl/N-ethyl adjacent to an activating group) is 1. The third-order valence-electron chi connectivity index (χ3n) is 3.14. The molecular formula is C13H20N2O2. The van der Waals surface area contributed by atoms with Gasteiger partial charge in [-0.15, -0.1) is 0 Å². The number of fused-ring (bicyclic) bond motifs is 1. The minimum Gasteiger partial charge on any atom is -0.490 e. The van der Waals surface area contributed by atoms with Crippen molar-refractivity contribution in [2.45, 2.75) is 19.4 Å². The Hall–Kier alpha value is -1.42. The second kappa shape index (κ2) is 5.27. The second-order valence-corrected chi connectivity index (χ2v) is 4.38. The van der Waals surface area contributed by atoms with E-state index in [1.54, 1.807) is 0 Å². The van der Waals surface area contributed by atoms with Crippen LogP contribution in [0.3, 0.4) is 0 Å². The maximum atomic E-state index is 5.68. The second-order valence-electron chi connectivity index (χ2n) is 4.38. The van der Waals surface area contributed by atoms with Crippen molar-refractivity contribution in [3.63, 3.8) is 0 Å². The van der Waals surface area contributed by atoms with Gasteiger partial charge in [0.15, 0.2) is 11.5 Å². The van der Waals surface area contributed by atoms with Crippen molar-refractivity contribution in [2.24, 2.45) is 5.73 Å². The van der Waals surface area contributed by atoms with E-state index < -0.39 is 0 Å². The van der Waals surface area contributed by atoms with Crippen LogP contribution >= 0.6 is 0 Å². The van der Waals surface area contributed by atoms with Crippen LogP contribution in [0.5, 0.6) is 11.5 Å². The predicted octanol–water partition coefficient (Wildman–Crippen LogP) is 1.63. The van der Waals surface area contributed by atoms with Gasteiger partial charge in [-0.25, -0.2) is 0 Å². The molecule has 1 atom stereocenters. The normalized spacial score (nSPS) is 16.2. The first-order valence-corrected chi connectivity index (χ1v) is 6.05. The number of nitrogens with zero attached hydrogens (tertiary/aromatic N) is 1. The third kappa shape index (κ3) is 2.64. The van der Waals surface area contributed by atoms with Gasteiger partial charge in [-0.2, -0.15) is 0 Å². The molecule has 0 amide bonds. The van der Waals surface area contributed by atoms with Crippen LogP contribution in [0.4, 0.5) is 5.69 Å². The van der Waals surface area contributed by atoms with Crippen molar-refractivity contribution in [2.75, 3.05) is 31.7 Å². The molecular weight excluding hydrogens is 216 g/mol. The summed E-state index contributed by atoms with van der Waals surface area (Å²) in [4.78, 5) is 2.15. The minimum atomic E-state index is 0.305. The summed E-state index contributed by atoms with van der Waals surface area (Å²) in [6.45, 7) is 4.17. The molecule has 94 valence electrons. The van der Waals surface area contributed by atoms with Crippen LogP contribution in [-0.4, -0.2) is 32.8 Å². The number of benzene rings is 1. The van der Waals surface area contributed by atoms with Gasteiger partial charge in [-0.1, -0.05) is 0 Å². The molecule has 0 fully saturated rings. The SMILES string of the molecule is CC(CN)N(C)c1ccc2c(c1)OCCCO2. The highest BCUT2D eigenvalue weighted by atomic mass is 16.5. The molecule has 1 unspecified atom stereocenters. The molecule has 2 N–H and O–H groups in total. The van der Waals surface area contributed by atoms with Gasteiger partial charge in [0.25, 0.3) is 0 Å². The number of nitrogens with two attached hydrogens (primary N) is 1. The van der Waals surface area contributed by atoms with Gasteiger partial charge in [0.1, 0.15) is 0 Å². The molecule has 1 aliphatic heterocycles. The van der Waals surface area contributed by atoms with E-state index in [0.717, 1.165) is 30.2 Å². The molecule has 1 heterocycles. The zero-order chi connectivity index (χ0) is 12.3. The molecule has 2 rings (SSSR count). The highest BCUT2D eigenvalue weighted by molar-refractivity contribution is 5.56. The quantitative estimate of drug-likeness (QED) is 0.866. The van der Waals surface area contributed by atoms with Crippen LogP contribution in [0.2, 0.25) is 0 Å². The predicted molar refractivity (Wildman–Crippen MR) is 69.0 cm³/mol. The maximum Gasteiger partial charge on any atom is 0.163 e. The van der Waals surface area contributed by atoms with E-state index in [1.165, 1.54) is 0 Å². The molecule has 4 heteroatoms. The Morgan fingerprint density at radius 1 is 1.29 bits per heavy atom. The maximum absolute atomic E-state index is 5.68. The van der Waals surface area contributed by atoms with Gasteiger partial charge in [-0.3, -0.25) is 0 Å². The van der Waals surface area contributed by atoms with Crippen molar-refractivity contribution < 1.29 is 9.47 Å². The van der Waals surface area contributed by atoms with Crippen LogP contribution in [0.1, 0.15) is 13.3 Å². The average Bonchev–Trinajstić information content (AvgIpc) is 2.61. The van der Waals surface area contributed by atoms with Crippen LogP contribution in [0.15, 0.2) is 18.2 Å². The van der Waals surface area contributed by atoms with Crippen molar-refractivity contribution in [1.29, 1.82) is 0 Å². The zero-order valence-electron chi connectivity index (χ0n) is 10.5. The van der Waals surface area contributed by atoms with E-state index >= 15 is 0 Å². The standard InChI is InChI=1S/C13H20N2O2/c1-10(9-14)15(2)11-4-5-12-13(8-11)17-7-3-6-16-12/h4-5,8,10H,3,6-7,9,14H2,1-2H3. The smallest absolute Gasteiger partial charge is 0.163 e. The van der Waals surface area contributed by atoms with Crippen LogP contribution in [0.25, 0.3) is 0 Å². The minimum absolute atomic E-state index is 0.305. The highest BCUT2D eigenvalue weighted by Crippen LogP contribution is 2.33. The molecule has 0 spiro atoms. The number of hydrogen-bond donors (Lipinski definition) is 1. The number of anilines is 1. The fraction of sp³-hybridized carbons (Fsp3) is 0.538. The molecule has 0 aliphatic carbocycles. The molecule has 0 bridgehead atoms. The number of rotatable bonds is 3. The topological polar surface area (TPSA) is 47.7 Å². The van der Waals surface area contributed by atoms with Crippen molar-refractivity contribution in [3.05, 3.63) is 18.2 Å². The van der Waals surface area contributed by atoms with Crippen LogP contribution in [0, 0.1) is 0 Å². The summed E-state index contributed by atoms with van der Waals surface area (Å²) in [7, 11) is 2.04. The number of hydrogen-bond acceptors (Lipinski definition) is 4. The van der Waals surface area contributed by atoms with E-state index in [2.05, 4.69) is 11.8 Å². The van der Waals surface area contributed by atoms with Gasteiger partial charge in [0.2, 0.25) is 0 Å². The molecule has 1 aliphatic rings. The van der Waals surface area contributed by atoms with Gasteiger partial charge in [0, 0.05) is 37.8 Å². The van der Waals surface area contributed by atoms with Crippen LogP contribution < -0.4 is 20.1 Å². The van der Waals surface area contributed by atoms with E-state index in [9.17, 15) is 0 Å². The van der Waals surface area contributed by atoms with E-state index in [-0.39, 0.29) is 0 Å². The summed E-state index contributed by atoms with van der Waals surface area (Å²) in [5.74, 6) is 1.66. The molecule has 17 heavy (non-hydrogen) atoms. The molecule has 1 aromatic rings. The molecule has 0 saturated carbocycles. The largest absolute Gasteiger partial charge is 0.490 e. The monoisotopic (exact) mass is 236 g/mol. The lowest BCUT2D eigenvalue weighted by Crippen LogP contribution is -2.35. The Labute approximate surface area is 102 Å². The Kier molecular flexibility index (Phi) is 3.74. The van der Waals surface area contributed by atoms with Crippen LogP contribution in [-0.2, 0) is 0 Å². The molecule has 0 saturated heterocycles. The summed E-state index contributed by atoms with van der Waals surface area (Å²) in [5, 5.41) is 0. The Morgan fingerprint density at radius 3 is 2.71 bits per heavy atom. The van der Waals surface area contributed by atoms with Gasteiger partial charge in [0.05, 0.1) is 13.2 Å². The number of ether oxygens (including phenoxy) is 2. The average molecular weight is 236 g/mol. The molecule has 1 aromatic carbocycles. The van der Waals surface area contributed by atoms with Crippen molar-refractivity contribution in [1.82, 2.24) is 0 Å². The first-order valence-electron chi connectivity index (χ1n) is 6.05. The summed E-state index contributed by atoms with van der Waals surface area (Å²) >= 11 is 0. The molecule has 4 nitrogen and oxygen atoms in total. The highest BCUT2D eigenvalue weighted by Gasteiger charge is 2.14. The Balaban J connectivity index is 2.23. The van der Waals surface area contributed by atoms with E-state index in [4.69, 9.17) is 15.2 Å². The summed E-state index contributed by atoms with van der Waals surface area (Å²) in [6, 6.07) is 6.34. The molecule has 0 radical (unpaired) electrons. The van der Waals surface area contributed by atoms with Crippen molar-refractivity contribution >= 4 is 5.69 Å². The Bertz CT molecular complexity index is 382. The van der Waals surface area contributed by atoms with Crippen molar-refractivity contribution in [3.8, 4) is 11.5 Å². The lowest BCUT2D eigenvalue weighted by atomic mass is 10.2. The zero-order valence-corrected chi connectivity index (χ0v) is 10.5. The van der Waals surface area contributed by atoms with E-state index in [0.29, 0.717) is 19.2 Å². The fourth-order valence-corrected chi connectivity index (χ4v) is 1.78. The summed E-state index contributed by atoms with van der Waals surface area (Å²) < 4.78 is 11.3. The first-order chi connectivity index (χ1) is 8.22.